The van der Waals surface area contributed by atoms with E-state index in [0.29, 0.717) is 33.4 Å². The first-order chi connectivity index (χ1) is 18.2. The molecule has 194 valence electrons. The van der Waals surface area contributed by atoms with E-state index in [1.54, 1.807) is 24.3 Å². The van der Waals surface area contributed by atoms with Gasteiger partial charge in [0.2, 0.25) is 0 Å². The summed E-state index contributed by atoms with van der Waals surface area (Å²) in [5.74, 6) is -0.242. The number of carbonyl (C=O) groups is 1. The third-order valence-electron chi connectivity index (χ3n) is 6.75. The number of oxime groups is 1. The summed E-state index contributed by atoms with van der Waals surface area (Å²) >= 11 is 12.9. The molecule has 0 radical (unpaired) electrons. The van der Waals surface area contributed by atoms with Crippen molar-refractivity contribution >= 4 is 45.8 Å². The first-order valence-electron chi connectivity index (χ1n) is 12.3. The Morgan fingerprint density at radius 3 is 2.37 bits per heavy atom. The fraction of sp³-hybridized carbons (Fsp3) is 0.233. The largest absolute Gasteiger partial charge is 0.493 e. The number of aryl methyl sites for hydroxylation is 1. The molecule has 0 saturated heterocycles. The third kappa shape index (κ3) is 5.06. The molecular weight excluding hydrogens is 523 g/mol. The molecule has 1 N–H and O–H groups in total. The van der Waals surface area contributed by atoms with Crippen molar-refractivity contribution in [3.63, 3.8) is 0 Å². The molecule has 0 aliphatic carbocycles. The number of hydrogen-bond donors (Lipinski definition) is 1. The second-order valence-corrected chi connectivity index (χ2v) is 10.5. The molecule has 0 spiro atoms. The van der Waals surface area contributed by atoms with E-state index in [4.69, 9.17) is 32.8 Å². The van der Waals surface area contributed by atoms with Gasteiger partial charge in [-0.05, 0) is 72.0 Å². The number of nitrogens with zero attached hydrogens (tertiary/aromatic N) is 2. The number of carboxylic acids is 1. The third-order valence-corrected chi connectivity index (χ3v) is 7.38. The molecule has 3 aromatic carbocycles. The summed E-state index contributed by atoms with van der Waals surface area (Å²) in [6.07, 6.45) is -0.160. The smallest absolute Gasteiger partial charge is 0.354 e. The summed E-state index contributed by atoms with van der Waals surface area (Å²) in [7, 11) is 0. The van der Waals surface area contributed by atoms with E-state index in [0.717, 1.165) is 27.8 Å². The van der Waals surface area contributed by atoms with Crippen LogP contribution in [0.1, 0.15) is 35.5 Å². The quantitative estimate of drug-likeness (QED) is 0.256. The van der Waals surface area contributed by atoms with Gasteiger partial charge < -0.3 is 14.7 Å². The van der Waals surface area contributed by atoms with Crippen molar-refractivity contribution in [2.45, 2.75) is 26.9 Å². The van der Waals surface area contributed by atoms with Gasteiger partial charge >= 0.3 is 5.97 Å². The molecule has 0 amide bonds. The first-order valence-corrected chi connectivity index (χ1v) is 13.0. The SMILES string of the molecule is Cc1cc(C(=O)O)nc2ccc(-c3ccc(OCC4C(c5c(Cl)cccc5Cl)=NOC4C(C)C)cc3)cc12. The zero-order valence-corrected chi connectivity index (χ0v) is 22.6. The van der Waals surface area contributed by atoms with Crippen molar-refractivity contribution in [3.8, 4) is 16.9 Å². The lowest BCUT2D eigenvalue weighted by atomic mass is 9.87. The Hall–Kier alpha value is -3.61. The lowest BCUT2D eigenvalue weighted by molar-refractivity contribution is 0.0178. The maximum Gasteiger partial charge on any atom is 0.354 e. The summed E-state index contributed by atoms with van der Waals surface area (Å²) in [5, 5.41) is 15.6. The number of fused-ring (bicyclic) bond motifs is 1. The van der Waals surface area contributed by atoms with E-state index in [9.17, 15) is 9.90 Å². The van der Waals surface area contributed by atoms with Gasteiger partial charge in [0.1, 0.15) is 29.9 Å². The maximum absolute atomic E-state index is 11.3. The Labute approximate surface area is 230 Å². The summed E-state index contributed by atoms with van der Waals surface area (Å²) in [5.41, 5.74) is 4.95. The highest BCUT2D eigenvalue weighted by molar-refractivity contribution is 6.40. The molecular formula is C30H26Cl2N2O4. The Kier molecular flexibility index (Phi) is 7.28. The number of aromatic nitrogens is 1. The van der Waals surface area contributed by atoms with Gasteiger partial charge in [-0.15, -0.1) is 0 Å². The van der Waals surface area contributed by atoms with Crippen LogP contribution in [0, 0.1) is 18.8 Å². The van der Waals surface area contributed by atoms with Crippen LogP contribution in [0.5, 0.6) is 5.75 Å². The molecule has 5 rings (SSSR count). The molecule has 8 heteroatoms. The molecule has 0 saturated carbocycles. The summed E-state index contributed by atoms with van der Waals surface area (Å²) < 4.78 is 6.21. The molecule has 38 heavy (non-hydrogen) atoms. The Morgan fingerprint density at radius 2 is 1.71 bits per heavy atom. The second kappa shape index (κ2) is 10.6. The molecule has 2 unspecified atom stereocenters. The number of carboxylic acid groups (broad SMARTS) is 1. The fourth-order valence-corrected chi connectivity index (χ4v) is 5.35. The van der Waals surface area contributed by atoms with Crippen molar-refractivity contribution in [2.24, 2.45) is 17.0 Å². The predicted octanol–water partition coefficient (Wildman–Crippen LogP) is 7.67. The van der Waals surface area contributed by atoms with Crippen molar-refractivity contribution in [2.75, 3.05) is 6.61 Å². The summed E-state index contributed by atoms with van der Waals surface area (Å²) in [4.78, 5) is 21.4. The van der Waals surface area contributed by atoms with Crippen LogP contribution < -0.4 is 4.74 Å². The Morgan fingerprint density at radius 1 is 1.03 bits per heavy atom. The average Bonchev–Trinajstić information content (AvgIpc) is 3.31. The monoisotopic (exact) mass is 548 g/mol. The van der Waals surface area contributed by atoms with E-state index in [1.165, 1.54) is 0 Å². The van der Waals surface area contributed by atoms with E-state index in [1.807, 2.05) is 49.4 Å². The molecule has 2 atom stereocenters. The van der Waals surface area contributed by atoms with Gasteiger partial charge in [0.15, 0.2) is 0 Å². The number of pyridine rings is 1. The highest BCUT2D eigenvalue weighted by Crippen LogP contribution is 2.35. The van der Waals surface area contributed by atoms with E-state index < -0.39 is 5.97 Å². The molecule has 2 heterocycles. The van der Waals surface area contributed by atoms with Crippen LogP contribution in [0.15, 0.2) is 71.9 Å². The number of halogens is 2. The number of benzene rings is 3. The van der Waals surface area contributed by atoms with Gasteiger partial charge in [-0.1, -0.05) is 66.5 Å². The zero-order chi connectivity index (χ0) is 27.0. The first kappa shape index (κ1) is 26.0. The summed E-state index contributed by atoms with van der Waals surface area (Å²) in [6, 6.07) is 20.6. The normalized spacial score (nSPS) is 16.9. The number of ether oxygens (including phenoxy) is 1. The van der Waals surface area contributed by atoms with Crippen LogP contribution in [0.25, 0.3) is 22.0 Å². The molecule has 1 aliphatic rings. The van der Waals surface area contributed by atoms with Crippen LogP contribution >= 0.6 is 23.2 Å². The average molecular weight is 549 g/mol. The van der Waals surface area contributed by atoms with Crippen LogP contribution in [0.3, 0.4) is 0 Å². The Bertz CT molecular complexity index is 1530. The molecule has 1 aromatic heterocycles. The van der Waals surface area contributed by atoms with E-state index in [2.05, 4.69) is 24.0 Å². The van der Waals surface area contributed by atoms with Gasteiger partial charge in [-0.3, -0.25) is 0 Å². The lowest BCUT2D eigenvalue weighted by Crippen LogP contribution is -2.33. The molecule has 4 aromatic rings. The van der Waals surface area contributed by atoms with Gasteiger partial charge in [0, 0.05) is 10.9 Å². The topological polar surface area (TPSA) is 81.0 Å². The lowest BCUT2D eigenvalue weighted by Gasteiger charge is -2.23. The van der Waals surface area contributed by atoms with Crippen LogP contribution in [0.2, 0.25) is 10.0 Å². The van der Waals surface area contributed by atoms with Gasteiger partial charge in [-0.2, -0.15) is 0 Å². The molecule has 0 bridgehead atoms. The number of hydrogen-bond acceptors (Lipinski definition) is 5. The molecule has 0 fully saturated rings. The van der Waals surface area contributed by atoms with Gasteiger partial charge in [0.25, 0.3) is 0 Å². The van der Waals surface area contributed by atoms with Crippen molar-refractivity contribution in [3.05, 3.63) is 93.6 Å². The van der Waals surface area contributed by atoms with E-state index in [-0.39, 0.29) is 23.6 Å². The minimum Gasteiger partial charge on any atom is -0.493 e. The van der Waals surface area contributed by atoms with Crippen LogP contribution in [-0.2, 0) is 4.84 Å². The minimum absolute atomic E-state index is 0.0432. The standard InChI is InChI=1S/C30H26Cl2N2O4/c1-16(2)29-22(28(34-38-29)27-23(31)5-4-6-24(27)32)15-37-20-10-7-18(8-11-20)19-9-12-25-21(14-19)17(3)13-26(33-25)30(35)36/h4-14,16,22,29H,15H2,1-3H3,(H,35,36). The van der Waals surface area contributed by atoms with Crippen molar-refractivity contribution < 1.29 is 19.5 Å². The van der Waals surface area contributed by atoms with Crippen molar-refractivity contribution in [1.29, 1.82) is 0 Å². The fourth-order valence-electron chi connectivity index (χ4n) is 4.76. The molecule has 6 nitrogen and oxygen atoms in total. The zero-order valence-electron chi connectivity index (χ0n) is 21.1. The van der Waals surface area contributed by atoms with Crippen LogP contribution in [0.4, 0.5) is 0 Å². The second-order valence-electron chi connectivity index (χ2n) is 9.69. The minimum atomic E-state index is -1.04. The number of aromatic carboxylic acids is 1. The van der Waals surface area contributed by atoms with Crippen LogP contribution in [-0.4, -0.2) is 34.5 Å². The highest BCUT2D eigenvalue weighted by Gasteiger charge is 2.39. The summed E-state index contributed by atoms with van der Waals surface area (Å²) in [6.45, 7) is 6.42. The van der Waals surface area contributed by atoms with Gasteiger partial charge in [0.05, 0.1) is 21.5 Å². The maximum atomic E-state index is 11.3. The highest BCUT2D eigenvalue weighted by atomic mass is 35.5. The van der Waals surface area contributed by atoms with Crippen molar-refractivity contribution in [1.82, 2.24) is 4.98 Å². The number of rotatable bonds is 7. The van der Waals surface area contributed by atoms with Gasteiger partial charge in [-0.25, -0.2) is 9.78 Å². The predicted molar refractivity (Wildman–Crippen MR) is 151 cm³/mol. The Balaban J connectivity index is 1.35. The van der Waals surface area contributed by atoms with E-state index >= 15 is 0 Å². The molecule has 1 aliphatic heterocycles.